The number of nitrogens with zero attached hydrogens (tertiary/aromatic N) is 1. The number of hydrogen-bond acceptors (Lipinski definition) is 3. The minimum absolute atomic E-state index is 0.171. The first-order chi connectivity index (χ1) is 8.08. The topological polar surface area (TPSA) is 58.4 Å². The molecule has 2 fully saturated rings. The Morgan fingerprint density at radius 2 is 2.12 bits per heavy atom. The molecule has 3 atom stereocenters. The summed E-state index contributed by atoms with van der Waals surface area (Å²) in [6.45, 7) is 6.43. The predicted molar refractivity (Wildman–Crippen MR) is 68.6 cm³/mol. The van der Waals surface area contributed by atoms with E-state index in [4.69, 9.17) is 5.73 Å². The zero-order chi connectivity index (χ0) is 12.4. The lowest BCUT2D eigenvalue weighted by atomic mass is 9.91. The minimum atomic E-state index is -0.206. The number of nitrogens with one attached hydrogen (secondary N) is 1. The van der Waals surface area contributed by atoms with Crippen molar-refractivity contribution in [3.05, 3.63) is 0 Å². The number of carbonyl (C=O) groups excluding carboxylic acids is 1. The summed E-state index contributed by atoms with van der Waals surface area (Å²) in [6, 6.07) is 0.923. The van der Waals surface area contributed by atoms with Gasteiger partial charge in [0, 0.05) is 18.6 Å². The van der Waals surface area contributed by atoms with Crippen LogP contribution in [0.1, 0.15) is 39.5 Å². The molecule has 98 valence electrons. The van der Waals surface area contributed by atoms with Crippen LogP contribution in [0.2, 0.25) is 0 Å². The second-order valence-electron chi connectivity index (χ2n) is 5.75. The molecule has 1 saturated heterocycles. The molecule has 1 aliphatic heterocycles. The molecule has 3 unspecified atom stereocenters. The van der Waals surface area contributed by atoms with Crippen molar-refractivity contribution in [1.29, 1.82) is 0 Å². The number of primary amides is 1. The molecule has 4 nitrogen and oxygen atoms in total. The first kappa shape index (κ1) is 12.8. The van der Waals surface area contributed by atoms with Crippen LogP contribution in [0.4, 0.5) is 0 Å². The predicted octanol–water partition coefficient (Wildman–Crippen LogP) is 0.713. The summed E-state index contributed by atoms with van der Waals surface area (Å²) in [5.74, 6) is 0.514. The normalized spacial score (nSPS) is 32.4. The van der Waals surface area contributed by atoms with Gasteiger partial charge < -0.3 is 11.1 Å². The van der Waals surface area contributed by atoms with Crippen molar-refractivity contribution < 1.29 is 4.79 Å². The lowest BCUT2D eigenvalue weighted by molar-refractivity contribution is -0.120. The van der Waals surface area contributed by atoms with Crippen LogP contribution in [0.15, 0.2) is 0 Å². The second-order valence-corrected chi connectivity index (χ2v) is 5.75. The molecule has 2 aliphatic rings. The van der Waals surface area contributed by atoms with Gasteiger partial charge in [-0.15, -0.1) is 0 Å². The smallest absolute Gasteiger partial charge is 0.235 e. The van der Waals surface area contributed by atoms with E-state index in [1.54, 1.807) is 0 Å². The Hall–Kier alpha value is -0.610. The molecule has 1 saturated carbocycles. The number of hydrogen-bond donors (Lipinski definition) is 2. The molecule has 17 heavy (non-hydrogen) atoms. The molecule has 1 heterocycles. The number of rotatable bonds is 5. The fourth-order valence-electron chi connectivity index (χ4n) is 2.67. The third-order valence-electron chi connectivity index (χ3n) is 4.28. The van der Waals surface area contributed by atoms with Gasteiger partial charge in [0.1, 0.15) is 0 Å². The molecule has 4 heteroatoms. The van der Waals surface area contributed by atoms with Crippen molar-refractivity contribution >= 4 is 5.91 Å². The molecule has 0 bridgehead atoms. The summed E-state index contributed by atoms with van der Waals surface area (Å²) < 4.78 is 0. The molecule has 2 rings (SSSR count). The number of nitrogens with two attached hydrogens (primary N) is 1. The summed E-state index contributed by atoms with van der Waals surface area (Å²) in [7, 11) is 0. The maximum absolute atomic E-state index is 11.5. The molecule has 0 spiro atoms. The van der Waals surface area contributed by atoms with E-state index in [-0.39, 0.29) is 11.9 Å². The zero-order valence-electron chi connectivity index (χ0n) is 11.0. The maximum Gasteiger partial charge on any atom is 0.235 e. The molecular formula is C13H25N3O. The third-order valence-corrected chi connectivity index (χ3v) is 4.28. The zero-order valence-corrected chi connectivity index (χ0v) is 11.0. The van der Waals surface area contributed by atoms with Gasteiger partial charge in [-0.1, -0.05) is 6.92 Å². The number of piperidine rings is 1. The number of carbonyl (C=O) groups is 1. The van der Waals surface area contributed by atoms with E-state index in [0.29, 0.717) is 12.1 Å². The molecule has 0 aromatic rings. The molecule has 0 radical (unpaired) electrons. The van der Waals surface area contributed by atoms with E-state index in [0.717, 1.165) is 19.0 Å². The highest BCUT2D eigenvalue weighted by molar-refractivity contribution is 5.80. The van der Waals surface area contributed by atoms with Crippen LogP contribution < -0.4 is 11.1 Å². The molecular weight excluding hydrogens is 214 g/mol. The molecule has 1 amide bonds. The number of amides is 1. The van der Waals surface area contributed by atoms with Crippen LogP contribution in [-0.2, 0) is 4.79 Å². The number of likely N-dealkylation sites (tertiary alicyclic amines) is 1. The fraction of sp³-hybridized carbons (Fsp3) is 0.923. The van der Waals surface area contributed by atoms with Crippen molar-refractivity contribution in [3.8, 4) is 0 Å². The van der Waals surface area contributed by atoms with Gasteiger partial charge in [0.2, 0.25) is 5.91 Å². The highest BCUT2D eigenvalue weighted by Crippen LogP contribution is 2.24. The van der Waals surface area contributed by atoms with E-state index in [2.05, 4.69) is 24.1 Å². The first-order valence-electron chi connectivity index (χ1n) is 6.87. The van der Waals surface area contributed by atoms with Gasteiger partial charge in [0.25, 0.3) is 0 Å². The lowest BCUT2D eigenvalue weighted by Gasteiger charge is -2.39. The standard InChI is InChI=1S/C13H25N3O/c1-9-4-3-7-16(10(9)2)8-12(13(14)17)15-11-5-6-11/h9-12,15H,3-8H2,1-2H3,(H2,14,17). The van der Waals surface area contributed by atoms with E-state index in [9.17, 15) is 4.79 Å². The van der Waals surface area contributed by atoms with Crippen LogP contribution in [-0.4, -0.2) is 42.0 Å². The molecule has 3 N–H and O–H groups in total. The average molecular weight is 239 g/mol. The van der Waals surface area contributed by atoms with Crippen LogP contribution in [0.25, 0.3) is 0 Å². The molecule has 0 aromatic carbocycles. The van der Waals surface area contributed by atoms with Crippen LogP contribution >= 0.6 is 0 Å². The highest BCUT2D eigenvalue weighted by Gasteiger charge is 2.31. The SMILES string of the molecule is CC1CCCN(CC(NC2CC2)C(N)=O)C1C. The fourth-order valence-corrected chi connectivity index (χ4v) is 2.67. The van der Waals surface area contributed by atoms with Gasteiger partial charge >= 0.3 is 0 Å². The Balaban J connectivity index is 1.89. The Labute approximate surface area is 104 Å². The Kier molecular flexibility index (Phi) is 4.05. The molecule has 0 aromatic heterocycles. The van der Waals surface area contributed by atoms with Crippen molar-refractivity contribution in [2.45, 2.75) is 57.7 Å². The summed E-state index contributed by atoms with van der Waals surface area (Å²) in [5, 5.41) is 3.36. The van der Waals surface area contributed by atoms with Gasteiger partial charge in [-0.2, -0.15) is 0 Å². The summed E-state index contributed by atoms with van der Waals surface area (Å²) in [5.41, 5.74) is 5.48. The van der Waals surface area contributed by atoms with Crippen molar-refractivity contribution in [2.75, 3.05) is 13.1 Å². The maximum atomic E-state index is 11.5. The van der Waals surface area contributed by atoms with Gasteiger partial charge in [-0.3, -0.25) is 9.69 Å². The van der Waals surface area contributed by atoms with E-state index < -0.39 is 0 Å². The Bertz CT molecular complexity index is 278. The quantitative estimate of drug-likeness (QED) is 0.743. The third kappa shape index (κ3) is 3.42. The summed E-state index contributed by atoms with van der Waals surface area (Å²) in [4.78, 5) is 13.9. The minimum Gasteiger partial charge on any atom is -0.368 e. The van der Waals surface area contributed by atoms with Crippen molar-refractivity contribution in [1.82, 2.24) is 10.2 Å². The van der Waals surface area contributed by atoms with Crippen LogP contribution in [0.3, 0.4) is 0 Å². The van der Waals surface area contributed by atoms with E-state index in [1.165, 1.54) is 25.7 Å². The lowest BCUT2D eigenvalue weighted by Crippen LogP contribution is -2.54. The summed E-state index contributed by atoms with van der Waals surface area (Å²) >= 11 is 0. The highest BCUT2D eigenvalue weighted by atomic mass is 16.1. The largest absolute Gasteiger partial charge is 0.368 e. The van der Waals surface area contributed by atoms with Crippen molar-refractivity contribution in [3.63, 3.8) is 0 Å². The van der Waals surface area contributed by atoms with Gasteiger partial charge in [0.05, 0.1) is 6.04 Å². The molecule has 1 aliphatic carbocycles. The Morgan fingerprint density at radius 1 is 1.41 bits per heavy atom. The van der Waals surface area contributed by atoms with Gasteiger partial charge in [-0.25, -0.2) is 0 Å². The first-order valence-corrected chi connectivity index (χ1v) is 6.87. The van der Waals surface area contributed by atoms with Crippen LogP contribution in [0, 0.1) is 5.92 Å². The van der Waals surface area contributed by atoms with Crippen molar-refractivity contribution in [2.24, 2.45) is 11.7 Å². The summed E-state index contributed by atoms with van der Waals surface area (Å²) in [6.07, 6.45) is 4.92. The van der Waals surface area contributed by atoms with E-state index >= 15 is 0 Å². The van der Waals surface area contributed by atoms with E-state index in [1.807, 2.05) is 0 Å². The van der Waals surface area contributed by atoms with Crippen LogP contribution in [0.5, 0.6) is 0 Å². The Morgan fingerprint density at radius 3 is 2.71 bits per heavy atom. The monoisotopic (exact) mass is 239 g/mol. The average Bonchev–Trinajstić information content (AvgIpc) is 3.07. The second kappa shape index (κ2) is 5.36. The van der Waals surface area contributed by atoms with Gasteiger partial charge in [0.15, 0.2) is 0 Å². The van der Waals surface area contributed by atoms with Gasteiger partial charge in [-0.05, 0) is 45.1 Å².